The summed E-state index contributed by atoms with van der Waals surface area (Å²) in [5.41, 5.74) is 3.95. The van der Waals surface area contributed by atoms with Crippen LogP contribution in [0.2, 0.25) is 0 Å². The van der Waals surface area contributed by atoms with Crippen LogP contribution >= 0.6 is 11.3 Å². The molecule has 0 atom stereocenters. The van der Waals surface area contributed by atoms with Gasteiger partial charge < -0.3 is 5.32 Å². The van der Waals surface area contributed by atoms with Crippen molar-refractivity contribution < 1.29 is 4.79 Å². The molecule has 0 bridgehead atoms. The van der Waals surface area contributed by atoms with Gasteiger partial charge in [-0.15, -0.1) is 11.3 Å². The molecule has 1 N–H and O–H groups in total. The number of hydrogen-bond donors (Lipinski definition) is 1. The predicted molar refractivity (Wildman–Crippen MR) is 94.0 cm³/mol. The quantitative estimate of drug-likeness (QED) is 0.865. The summed E-state index contributed by atoms with van der Waals surface area (Å²) in [5.74, 6) is 0.652. The summed E-state index contributed by atoms with van der Waals surface area (Å²) in [7, 11) is 0. The van der Waals surface area contributed by atoms with Gasteiger partial charge in [0.15, 0.2) is 5.82 Å². The third kappa shape index (κ3) is 4.28. The van der Waals surface area contributed by atoms with E-state index in [4.69, 9.17) is 0 Å². The van der Waals surface area contributed by atoms with Gasteiger partial charge in [-0.3, -0.25) is 4.79 Å². The number of carbonyl (C=O) groups is 1. The molecule has 2 rings (SSSR count). The minimum Gasteiger partial charge on any atom is -0.309 e. The Morgan fingerprint density at radius 1 is 1.27 bits per heavy atom. The van der Waals surface area contributed by atoms with Gasteiger partial charge in [-0.2, -0.15) is 0 Å². The Morgan fingerprint density at radius 3 is 2.55 bits per heavy atom. The van der Waals surface area contributed by atoms with Crippen LogP contribution in [0.25, 0.3) is 5.57 Å². The van der Waals surface area contributed by atoms with Crippen LogP contribution in [0.5, 0.6) is 0 Å². The van der Waals surface area contributed by atoms with Gasteiger partial charge in [-0.1, -0.05) is 57.2 Å². The van der Waals surface area contributed by atoms with Crippen LogP contribution in [0, 0.1) is 5.41 Å². The molecule has 22 heavy (non-hydrogen) atoms. The lowest BCUT2D eigenvalue weighted by molar-refractivity contribution is -0.117. The molecule has 1 aromatic heterocycles. The largest absolute Gasteiger partial charge is 0.309 e. The summed E-state index contributed by atoms with van der Waals surface area (Å²) < 4.78 is 0. The minimum absolute atomic E-state index is 0.00293. The smallest absolute Gasteiger partial charge is 0.226 e. The number of nitrogens with zero attached hydrogens (tertiary/aromatic N) is 1. The topological polar surface area (TPSA) is 42.0 Å². The molecular formula is C18H22N2OS. The molecule has 3 nitrogen and oxygen atoms in total. The molecule has 1 aromatic carbocycles. The molecule has 0 aliphatic carbocycles. The summed E-state index contributed by atoms with van der Waals surface area (Å²) >= 11 is 1.54. The number of rotatable bonds is 4. The average Bonchev–Trinajstić information content (AvgIpc) is 2.87. The number of anilines is 1. The SMILES string of the molecule is CC=C(c1ccccc1)c1scnc1NC(=O)CC(C)(C)C. The first-order valence-electron chi connectivity index (χ1n) is 7.36. The Morgan fingerprint density at radius 2 is 1.95 bits per heavy atom. The maximum Gasteiger partial charge on any atom is 0.226 e. The molecule has 116 valence electrons. The van der Waals surface area contributed by atoms with Crippen molar-refractivity contribution in [3.63, 3.8) is 0 Å². The Labute approximate surface area is 136 Å². The number of nitrogens with one attached hydrogen (secondary N) is 1. The van der Waals surface area contributed by atoms with Crippen LogP contribution in [0.15, 0.2) is 41.9 Å². The van der Waals surface area contributed by atoms with Crippen molar-refractivity contribution >= 4 is 28.6 Å². The normalized spacial score (nSPS) is 12.3. The molecule has 0 aliphatic rings. The van der Waals surface area contributed by atoms with Crippen molar-refractivity contribution in [2.24, 2.45) is 5.41 Å². The van der Waals surface area contributed by atoms with Gasteiger partial charge in [-0.05, 0) is 23.5 Å². The zero-order valence-electron chi connectivity index (χ0n) is 13.5. The maximum absolute atomic E-state index is 12.2. The lowest BCUT2D eigenvalue weighted by atomic mass is 9.92. The Bertz CT molecular complexity index is 666. The molecule has 1 amide bonds. The molecule has 0 fully saturated rings. The van der Waals surface area contributed by atoms with E-state index in [2.05, 4.69) is 49.3 Å². The van der Waals surface area contributed by atoms with Crippen molar-refractivity contribution in [2.45, 2.75) is 34.1 Å². The number of thiazole rings is 1. The molecule has 2 aromatic rings. The van der Waals surface area contributed by atoms with Gasteiger partial charge in [0.2, 0.25) is 5.91 Å². The van der Waals surface area contributed by atoms with Gasteiger partial charge in [0.05, 0.1) is 10.4 Å². The summed E-state index contributed by atoms with van der Waals surface area (Å²) in [4.78, 5) is 17.5. The van der Waals surface area contributed by atoms with Crippen LogP contribution < -0.4 is 5.32 Å². The van der Waals surface area contributed by atoms with E-state index < -0.39 is 0 Å². The van der Waals surface area contributed by atoms with Gasteiger partial charge in [-0.25, -0.2) is 4.98 Å². The van der Waals surface area contributed by atoms with E-state index in [9.17, 15) is 4.79 Å². The van der Waals surface area contributed by atoms with Crippen molar-refractivity contribution in [1.29, 1.82) is 0 Å². The standard InChI is InChI=1S/C18H22N2OS/c1-5-14(13-9-7-6-8-10-13)16-17(19-12-22-16)20-15(21)11-18(2,3)4/h5-10,12H,11H2,1-4H3,(H,20,21). The number of carbonyl (C=O) groups excluding carboxylic acids is 1. The van der Waals surface area contributed by atoms with Crippen LogP contribution in [-0.2, 0) is 4.79 Å². The Hall–Kier alpha value is -1.94. The lowest BCUT2D eigenvalue weighted by Crippen LogP contribution is -2.20. The van der Waals surface area contributed by atoms with Gasteiger partial charge in [0.25, 0.3) is 0 Å². The van der Waals surface area contributed by atoms with Crippen molar-refractivity contribution in [3.8, 4) is 0 Å². The molecule has 0 saturated carbocycles. The summed E-state index contributed by atoms with van der Waals surface area (Å²) in [6.07, 6.45) is 2.53. The van der Waals surface area contributed by atoms with E-state index in [-0.39, 0.29) is 11.3 Å². The lowest BCUT2D eigenvalue weighted by Gasteiger charge is -2.17. The van der Waals surface area contributed by atoms with E-state index in [1.807, 2.05) is 25.1 Å². The zero-order chi connectivity index (χ0) is 16.2. The van der Waals surface area contributed by atoms with Crippen molar-refractivity contribution in [2.75, 3.05) is 5.32 Å². The number of benzene rings is 1. The highest BCUT2D eigenvalue weighted by molar-refractivity contribution is 7.11. The summed E-state index contributed by atoms with van der Waals surface area (Å²) in [5, 5.41) is 2.95. The molecule has 1 heterocycles. The fraction of sp³-hybridized carbons (Fsp3) is 0.333. The van der Waals surface area contributed by atoms with Gasteiger partial charge in [0.1, 0.15) is 0 Å². The second kappa shape index (κ2) is 6.88. The van der Waals surface area contributed by atoms with Crippen molar-refractivity contribution in [3.05, 3.63) is 52.4 Å². The van der Waals surface area contributed by atoms with E-state index >= 15 is 0 Å². The van der Waals surface area contributed by atoms with E-state index in [0.717, 1.165) is 16.0 Å². The predicted octanol–water partition coefficient (Wildman–Crippen LogP) is 4.97. The molecule has 0 aliphatic heterocycles. The number of hydrogen-bond acceptors (Lipinski definition) is 3. The third-order valence-electron chi connectivity index (χ3n) is 3.13. The molecule has 0 spiro atoms. The first-order valence-corrected chi connectivity index (χ1v) is 8.24. The Kier molecular flexibility index (Phi) is 5.14. The first kappa shape index (κ1) is 16.4. The molecule has 0 radical (unpaired) electrons. The summed E-state index contributed by atoms with van der Waals surface area (Å²) in [6, 6.07) is 10.1. The zero-order valence-corrected chi connectivity index (χ0v) is 14.3. The van der Waals surface area contributed by atoms with Crippen LogP contribution in [0.3, 0.4) is 0 Å². The highest BCUT2D eigenvalue weighted by Crippen LogP contribution is 2.32. The number of aromatic nitrogens is 1. The fourth-order valence-electron chi connectivity index (χ4n) is 2.23. The van der Waals surface area contributed by atoms with Crippen LogP contribution in [0.4, 0.5) is 5.82 Å². The monoisotopic (exact) mass is 314 g/mol. The highest BCUT2D eigenvalue weighted by Gasteiger charge is 2.19. The van der Waals surface area contributed by atoms with E-state index in [0.29, 0.717) is 12.2 Å². The third-order valence-corrected chi connectivity index (χ3v) is 3.99. The Balaban J connectivity index is 2.24. The summed E-state index contributed by atoms with van der Waals surface area (Å²) in [6.45, 7) is 8.16. The highest BCUT2D eigenvalue weighted by atomic mass is 32.1. The van der Waals surface area contributed by atoms with Gasteiger partial charge in [0, 0.05) is 6.42 Å². The second-order valence-corrected chi connectivity index (χ2v) is 7.24. The van der Waals surface area contributed by atoms with Gasteiger partial charge >= 0.3 is 0 Å². The van der Waals surface area contributed by atoms with E-state index in [1.165, 1.54) is 0 Å². The van der Waals surface area contributed by atoms with Crippen molar-refractivity contribution in [1.82, 2.24) is 4.98 Å². The minimum atomic E-state index is -0.0386. The maximum atomic E-state index is 12.2. The molecular weight excluding hydrogens is 292 g/mol. The molecule has 0 unspecified atom stereocenters. The van der Waals surface area contributed by atoms with Crippen LogP contribution in [0.1, 0.15) is 44.6 Å². The average molecular weight is 314 g/mol. The molecule has 0 saturated heterocycles. The molecule has 4 heteroatoms. The first-order chi connectivity index (χ1) is 10.4. The second-order valence-electron chi connectivity index (χ2n) is 6.38. The number of amides is 1. The van der Waals surface area contributed by atoms with E-state index in [1.54, 1.807) is 16.8 Å². The fourth-order valence-corrected chi connectivity index (χ4v) is 3.07. The number of allylic oxidation sites excluding steroid dienone is 1. The van der Waals surface area contributed by atoms with Crippen LogP contribution in [-0.4, -0.2) is 10.9 Å².